The van der Waals surface area contributed by atoms with Crippen molar-refractivity contribution in [3.63, 3.8) is 0 Å². The van der Waals surface area contributed by atoms with Crippen molar-refractivity contribution in [1.29, 1.82) is 0 Å². The molecule has 1 amide bonds. The average Bonchev–Trinajstić information content (AvgIpc) is 2.82. The number of nitrogens with one attached hydrogen (secondary N) is 1. The van der Waals surface area contributed by atoms with Crippen LogP contribution in [0.1, 0.15) is 52.7 Å². The smallest absolute Gasteiger partial charge is 0.326 e. The number of carbonyl (C=O) groups is 2. The van der Waals surface area contributed by atoms with Crippen molar-refractivity contribution in [1.82, 2.24) is 5.32 Å². The highest BCUT2D eigenvalue weighted by Crippen LogP contribution is 2.32. The topological polar surface area (TPSA) is 105 Å². The zero-order valence-electron chi connectivity index (χ0n) is 18.6. The molecule has 4 N–H and O–H groups in total. The van der Waals surface area contributed by atoms with Gasteiger partial charge in [0.1, 0.15) is 6.04 Å². The fourth-order valence-corrected chi connectivity index (χ4v) is 3.78. The summed E-state index contributed by atoms with van der Waals surface area (Å²) in [5.74, 6) is -1.08. The lowest BCUT2D eigenvalue weighted by molar-refractivity contribution is -0.139. The number of aliphatic imine (C=N–C) groups is 1. The number of amides is 1. The Morgan fingerprint density at radius 2 is 1.48 bits per heavy atom. The predicted octanol–water partition coefficient (Wildman–Crippen LogP) is 4.21. The van der Waals surface area contributed by atoms with E-state index in [2.05, 4.69) is 34.6 Å². The van der Waals surface area contributed by atoms with E-state index in [9.17, 15) is 14.7 Å². The largest absolute Gasteiger partial charge is 0.480 e. The third-order valence-corrected chi connectivity index (χ3v) is 5.36. The lowest BCUT2D eigenvalue weighted by atomic mass is 9.84. The fourth-order valence-electron chi connectivity index (χ4n) is 3.78. The van der Waals surface area contributed by atoms with E-state index in [1.807, 2.05) is 54.6 Å². The Bertz CT molecular complexity index is 1050. The Balaban J connectivity index is 1.82. The first-order chi connectivity index (χ1) is 16.0. The molecule has 1 atom stereocenters. The number of amidine groups is 1. The van der Waals surface area contributed by atoms with Crippen LogP contribution in [-0.4, -0.2) is 35.4 Å². The van der Waals surface area contributed by atoms with Gasteiger partial charge in [0.2, 0.25) is 0 Å². The minimum absolute atomic E-state index is 0.0483. The summed E-state index contributed by atoms with van der Waals surface area (Å²) in [4.78, 5) is 28.7. The first-order valence-corrected chi connectivity index (χ1v) is 11.0. The fraction of sp³-hybridized carbons (Fsp3) is 0.222. The van der Waals surface area contributed by atoms with Gasteiger partial charge >= 0.3 is 5.97 Å². The minimum Gasteiger partial charge on any atom is -0.480 e. The van der Waals surface area contributed by atoms with Crippen molar-refractivity contribution in [2.24, 2.45) is 10.7 Å². The van der Waals surface area contributed by atoms with E-state index < -0.39 is 17.9 Å². The van der Waals surface area contributed by atoms with Crippen molar-refractivity contribution in [3.8, 4) is 0 Å². The molecule has 0 fully saturated rings. The number of carbonyl (C=O) groups excluding carboxylic acids is 1. The van der Waals surface area contributed by atoms with Crippen molar-refractivity contribution in [2.45, 2.75) is 31.7 Å². The van der Waals surface area contributed by atoms with Gasteiger partial charge in [-0.25, -0.2) is 4.79 Å². The molecule has 3 rings (SSSR count). The summed E-state index contributed by atoms with van der Waals surface area (Å²) in [6, 6.07) is 26.6. The van der Waals surface area contributed by atoms with Gasteiger partial charge in [0, 0.05) is 18.0 Å². The van der Waals surface area contributed by atoms with Crippen LogP contribution < -0.4 is 11.1 Å². The Morgan fingerprint density at radius 1 is 0.909 bits per heavy atom. The van der Waals surface area contributed by atoms with Gasteiger partial charge in [-0.3, -0.25) is 9.79 Å². The van der Waals surface area contributed by atoms with Crippen LogP contribution in [0, 0.1) is 0 Å². The number of hydrogen-bond donors (Lipinski definition) is 3. The van der Waals surface area contributed by atoms with Crippen molar-refractivity contribution < 1.29 is 14.7 Å². The molecular formula is C27H29N3O3. The minimum atomic E-state index is -1.07. The molecule has 6 nitrogen and oxygen atoms in total. The predicted molar refractivity (Wildman–Crippen MR) is 131 cm³/mol. The summed E-state index contributed by atoms with van der Waals surface area (Å²) in [7, 11) is 0. The van der Waals surface area contributed by atoms with Crippen LogP contribution in [0.3, 0.4) is 0 Å². The van der Waals surface area contributed by atoms with Crippen LogP contribution in [0.4, 0.5) is 0 Å². The summed E-state index contributed by atoms with van der Waals surface area (Å²) in [6.07, 6.45) is 0.782. The van der Waals surface area contributed by atoms with Gasteiger partial charge in [0.25, 0.3) is 5.91 Å². The molecule has 0 saturated carbocycles. The van der Waals surface area contributed by atoms with E-state index in [0.717, 1.165) is 16.7 Å². The summed E-state index contributed by atoms with van der Waals surface area (Å²) < 4.78 is 0. The SMILES string of the molecule is CC(N)=NCCCC(NC(=O)c1cccc(C(c2ccccc2)c2ccccc2)c1)C(=O)O. The lowest BCUT2D eigenvalue weighted by Crippen LogP contribution is -2.40. The van der Waals surface area contributed by atoms with Crippen LogP contribution in [0.5, 0.6) is 0 Å². The Hall–Kier alpha value is -3.93. The summed E-state index contributed by atoms with van der Waals surface area (Å²) in [6.45, 7) is 2.11. The van der Waals surface area contributed by atoms with Gasteiger partial charge in [-0.1, -0.05) is 72.8 Å². The maximum atomic E-state index is 12.9. The standard InChI is InChI=1S/C27H29N3O3/c1-19(28)29-17-9-16-24(27(32)33)30-26(31)23-15-8-14-22(18-23)25(20-10-4-2-5-11-20)21-12-6-3-7-13-21/h2-8,10-15,18,24-25H,9,16-17H2,1H3,(H2,28,29)(H,30,31)(H,32,33). The van der Waals surface area contributed by atoms with Crippen LogP contribution in [0.15, 0.2) is 89.9 Å². The lowest BCUT2D eigenvalue weighted by Gasteiger charge is -2.20. The van der Waals surface area contributed by atoms with Gasteiger partial charge in [0.15, 0.2) is 0 Å². The van der Waals surface area contributed by atoms with Gasteiger partial charge in [-0.15, -0.1) is 0 Å². The van der Waals surface area contributed by atoms with Gasteiger partial charge in [-0.05, 0) is 48.6 Å². The number of carboxylic acid groups (broad SMARTS) is 1. The summed E-state index contributed by atoms with van der Waals surface area (Å²) >= 11 is 0. The van der Waals surface area contributed by atoms with E-state index in [-0.39, 0.29) is 12.3 Å². The molecule has 0 spiro atoms. The third kappa shape index (κ3) is 6.77. The molecule has 0 bridgehead atoms. The number of nitrogens with zero attached hydrogens (tertiary/aromatic N) is 1. The molecule has 170 valence electrons. The van der Waals surface area contributed by atoms with E-state index in [1.165, 1.54) is 0 Å². The highest BCUT2D eigenvalue weighted by molar-refractivity contribution is 5.96. The first kappa shape index (κ1) is 23.7. The number of rotatable bonds is 10. The molecule has 33 heavy (non-hydrogen) atoms. The van der Waals surface area contributed by atoms with Gasteiger partial charge < -0.3 is 16.2 Å². The summed E-state index contributed by atoms with van der Waals surface area (Å²) in [5.41, 5.74) is 9.12. The second-order valence-electron chi connectivity index (χ2n) is 7.91. The van der Waals surface area contributed by atoms with Gasteiger partial charge in [-0.2, -0.15) is 0 Å². The van der Waals surface area contributed by atoms with Crippen LogP contribution in [0.2, 0.25) is 0 Å². The van der Waals surface area contributed by atoms with E-state index >= 15 is 0 Å². The maximum absolute atomic E-state index is 12.9. The Labute approximate surface area is 194 Å². The first-order valence-electron chi connectivity index (χ1n) is 11.0. The van der Waals surface area contributed by atoms with E-state index in [4.69, 9.17) is 5.73 Å². The average molecular weight is 444 g/mol. The van der Waals surface area contributed by atoms with Crippen molar-refractivity contribution in [3.05, 3.63) is 107 Å². The highest BCUT2D eigenvalue weighted by Gasteiger charge is 2.22. The molecule has 6 heteroatoms. The second-order valence-corrected chi connectivity index (χ2v) is 7.91. The third-order valence-electron chi connectivity index (χ3n) is 5.36. The molecule has 0 aliphatic heterocycles. The molecule has 0 aliphatic rings. The zero-order chi connectivity index (χ0) is 23.6. The molecule has 0 saturated heterocycles. The second kappa shape index (κ2) is 11.6. The molecule has 0 radical (unpaired) electrons. The highest BCUT2D eigenvalue weighted by atomic mass is 16.4. The quantitative estimate of drug-likeness (QED) is 0.189. The number of hydrogen-bond acceptors (Lipinski definition) is 3. The Morgan fingerprint density at radius 3 is 2.03 bits per heavy atom. The molecule has 0 aliphatic carbocycles. The maximum Gasteiger partial charge on any atom is 0.326 e. The number of benzene rings is 3. The number of nitrogens with two attached hydrogens (primary N) is 1. The molecule has 3 aromatic rings. The molecule has 0 heterocycles. The number of carboxylic acids is 1. The van der Waals surface area contributed by atoms with Crippen LogP contribution >= 0.6 is 0 Å². The zero-order valence-corrected chi connectivity index (χ0v) is 18.6. The molecular weight excluding hydrogens is 414 g/mol. The monoisotopic (exact) mass is 443 g/mol. The van der Waals surface area contributed by atoms with E-state index in [1.54, 1.807) is 13.0 Å². The van der Waals surface area contributed by atoms with Crippen LogP contribution in [-0.2, 0) is 4.79 Å². The van der Waals surface area contributed by atoms with E-state index in [0.29, 0.717) is 24.4 Å². The molecule has 1 unspecified atom stereocenters. The van der Waals surface area contributed by atoms with Gasteiger partial charge in [0.05, 0.1) is 5.84 Å². The van der Waals surface area contributed by atoms with Crippen LogP contribution in [0.25, 0.3) is 0 Å². The normalized spacial score (nSPS) is 12.4. The summed E-state index contributed by atoms with van der Waals surface area (Å²) in [5, 5.41) is 12.2. The number of aliphatic carboxylic acids is 1. The molecule has 3 aromatic carbocycles. The van der Waals surface area contributed by atoms with Crippen molar-refractivity contribution in [2.75, 3.05) is 6.54 Å². The Kier molecular flexibility index (Phi) is 8.36. The van der Waals surface area contributed by atoms with Crippen molar-refractivity contribution >= 4 is 17.7 Å². The molecule has 0 aromatic heterocycles.